The molecule has 0 bridgehead atoms. The molecule has 0 saturated carbocycles. The minimum Gasteiger partial charge on any atom is -0.462 e. The van der Waals surface area contributed by atoms with Gasteiger partial charge in [0, 0.05) is 0 Å². The van der Waals surface area contributed by atoms with Gasteiger partial charge in [-0.05, 0) is 37.1 Å². The zero-order valence-electron chi connectivity index (χ0n) is 15.0. The predicted octanol–water partition coefficient (Wildman–Crippen LogP) is 5.16. The van der Waals surface area contributed by atoms with Crippen molar-refractivity contribution >= 4 is 11.9 Å². The number of unbranched alkanes of at least 4 members (excludes halogenated alkanes) is 6. The lowest BCUT2D eigenvalue weighted by Gasteiger charge is -2.06. The standard InChI is InChI=1S/C20H30O4/c1-3-5-6-7-8-9-10-16-24-20(22)18-13-11-17(12-14-18)19(21)23-15-4-2/h11-14H,3-10,15-16H2,1-2H3. The number of hydrogen-bond acceptors (Lipinski definition) is 4. The molecular formula is C20H30O4. The van der Waals surface area contributed by atoms with E-state index in [1.807, 2.05) is 6.92 Å². The van der Waals surface area contributed by atoms with Crippen LogP contribution in [0.15, 0.2) is 24.3 Å². The van der Waals surface area contributed by atoms with Gasteiger partial charge in [-0.3, -0.25) is 0 Å². The van der Waals surface area contributed by atoms with E-state index in [-0.39, 0.29) is 11.9 Å². The third kappa shape index (κ3) is 8.14. The quantitative estimate of drug-likeness (QED) is 0.391. The van der Waals surface area contributed by atoms with Crippen LogP contribution in [0.4, 0.5) is 0 Å². The Labute approximate surface area is 145 Å². The Kier molecular flexibility index (Phi) is 10.6. The van der Waals surface area contributed by atoms with Gasteiger partial charge in [-0.2, -0.15) is 0 Å². The number of ether oxygens (including phenoxy) is 2. The molecule has 0 amide bonds. The number of esters is 2. The van der Waals surface area contributed by atoms with E-state index in [2.05, 4.69) is 6.92 Å². The normalized spacial score (nSPS) is 10.4. The van der Waals surface area contributed by atoms with Crippen LogP contribution in [0.2, 0.25) is 0 Å². The van der Waals surface area contributed by atoms with Gasteiger partial charge in [-0.15, -0.1) is 0 Å². The third-order valence-electron chi connectivity index (χ3n) is 3.77. The minimum atomic E-state index is -0.361. The molecular weight excluding hydrogens is 304 g/mol. The smallest absolute Gasteiger partial charge is 0.338 e. The van der Waals surface area contributed by atoms with Crippen molar-refractivity contribution in [1.82, 2.24) is 0 Å². The fourth-order valence-electron chi connectivity index (χ4n) is 2.33. The maximum Gasteiger partial charge on any atom is 0.338 e. The fourth-order valence-corrected chi connectivity index (χ4v) is 2.33. The summed E-state index contributed by atoms with van der Waals surface area (Å²) in [7, 11) is 0. The van der Waals surface area contributed by atoms with Crippen molar-refractivity contribution in [3.63, 3.8) is 0 Å². The maximum absolute atomic E-state index is 11.9. The van der Waals surface area contributed by atoms with E-state index >= 15 is 0 Å². The first kappa shape index (κ1) is 20.2. The van der Waals surface area contributed by atoms with Crippen molar-refractivity contribution in [3.8, 4) is 0 Å². The number of hydrogen-bond donors (Lipinski definition) is 0. The summed E-state index contributed by atoms with van der Waals surface area (Å²) in [6, 6.07) is 6.41. The van der Waals surface area contributed by atoms with Crippen molar-refractivity contribution in [1.29, 1.82) is 0 Å². The highest BCUT2D eigenvalue weighted by Gasteiger charge is 2.10. The van der Waals surface area contributed by atoms with Gasteiger partial charge < -0.3 is 9.47 Å². The summed E-state index contributed by atoms with van der Waals surface area (Å²) >= 11 is 0. The first-order chi connectivity index (χ1) is 11.7. The second kappa shape index (κ2) is 12.6. The average Bonchev–Trinajstić information content (AvgIpc) is 2.61. The second-order valence-corrected chi connectivity index (χ2v) is 5.97. The molecule has 0 N–H and O–H groups in total. The van der Waals surface area contributed by atoms with Crippen LogP contribution in [0, 0.1) is 0 Å². The molecule has 0 fully saturated rings. The molecule has 1 aromatic rings. The molecule has 4 heteroatoms. The van der Waals surface area contributed by atoms with Crippen molar-refractivity contribution in [2.45, 2.75) is 65.2 Å². The van der Waals surface area contributed by atoms with Crippen LogP contribution in [0.5, 0.6) is 0 Å². The van der Waals surface area contributed by atoms with Crippen LogP contribution in [0.25, 0.3) is 0 Å². The third-order valence-corrected chi connectivity index (χ3v) is 3.77. The van der Waals surface area contributed by atoms with Crippen LogP contribution in [-0.2, 0) is 9.47 Å². The van der Waals surface area contributed by atoms with Gasteiger partial charge in [0.05, 0.1) is 24.3 Å². The van der Waals surface area contributed by atoms with Crippen LogP contribution < -0.4 is 0 Å². The molecule has 1 aromatic carbocycles. The topological polar surface area (TPSA) is 52.6 Å². The zero-order valence-corrected chi connectivity index (χ0v) is 15.0. The van der Waals surface area contributed by atoms with E-state index in [1.54, 1.807) is 24.3 Å². The molecule has 0 atom stereocenters. The SMILES string of the molecule is CCCCCCCCCOC(=O)c1ccc(C(=O)OCCC)cc1. The summed E-state index contributed by atoms with van der Waals surface area (Å²) in [5, 5.41) is 0. The minimum absolute atomic E-state index is 0.338. The first-order valence-electron chi connectivity index (χ1n) is 9.13. The van der Waals surface area contributed by atoms with Gasteiger partial charge in [-0.1, -0.05) is 52.4 Å². The largest absolute Gasteiger partial charge is 0.462 e. The van der Waals surface area contributed by atoms with E-state index in [9.17, 15) is 9.59 Å². The fraction of sp³-hybridized carbons (Fsp3) is 0.600. The van der Waals surface area contributed by atoms with Gasteiger partial charge in [0.2, 0.25) is 0 Å². The van der Waals surface area contributed by atoms with Crippen LogP contribution in [-0.4, -0.2) is 25.2 Å². The Hall–Kier alpha value is -1.84. The van der Waals surface area contributed by atoms with Crippen LogP contribution in [0.3, 0.4) is 0 Å². The monoisotopic (exact) mass is 334 g/mol. The van der Waals surface area contributed by atoms with Crippen LogP contribution >= 0.6 is 0 Å². The Morgan fingerprint density at radius 1 is 0.667 bits per heavy atom. The molecule has 0 unspecified atom stereocenters. The molecule has 0 saturated heterocycles. The Balaban J connectivity index is 2.24. The molecule has 0 aliphatic rings. The van der Waals surface area contributed by atoms with Gasteiger partial charge in [-0.25, -0.2) is 9.59 Å². The van der Waals surface area contributed by atoms with Gasteiger partial charge in [0.1, 0.15) is 0 Å². The van der Waals surface area contributed by atoms with Crippen molar-refractivity contribution < 1.29 is 19.1 Å². The predicted molar refractivity (Wildman–Crippen MR) is 95.3 cm³/mol. The summed E-state index contributed by atoms with van der Waals surface area (Å²) in [6.07, 6.45) is 9.10. The average molecular weight is 334 g/mol. The molecule has 0 radical (unpaired) electrons. The summed E-state index contributed by atoms with van der Waals surface area (Å²) < 4.78 is 10.3. The Morgan fingerprint density at radius 3 is 1.62 bits per heavy atom. The number of carbonyl (C=O) groups is 2. The van der Waals surface area contributed by atoms with E-state index in [0.29, 0.717) is 24.3 Å². The summed E-state index contributed by atoms with van der Waals surface area (Å²) in [6.45, 7) is 5.01. The lowest BCUT2D eigenvalue weighted by molar-refractivity contribution is 0.0486. The summed E-state index contributed by atoms with van der Waals surface area (Å²) in [4.78, 5) is 23.6. The highest BCUT2D eigenvalue weighted by Crippen LogP contribution is 2.10. The van der Waals surface area contributed by atoms with Crippen molar-refractivity contribution in [2.75, 3.05) is 13.2 Å². The summed E-state index contributed by atoms with van der Waals surface area (Å²) in [5.74, 6) is -0.700. The molecule has 0 aliphatic heterocycles. The Bertz CT molecular complexity index is 479. The van der Waals surface area contributed by atoms with E-state index in [4.69, 9.17) is 9.47 Å². The van der Waals surface area contributed by atoms with Gasteiger partial charge in [0.15, 0.2) is 0 Å². The maximum atomic E-state index is 11.9. The highest BCUT2D eigenvalue weighted by molar-refractivity contribution is 5.93. The van der Waals surface area contributed by atoms with Crippen molar-refractivity contribution in [3.05, 3.63) is 35.4 Å². The molecule has 0 spiro atoms. The molecule has 0 heterocycles. The highest BCUT2D eigenvalue weighted by atomic mass is 16.5. The molecule has 1 rings (SSSR count). The molecule has 0 aromatic heterocycles. The first-order valence-corrected chi connectivity index (χ1v) is 9.13. The van der Waals surface area contributed by atoms with Gasteiger partial charge in [0.25, 0.3) is 0 Å². The van der Waals surface area contributed by atoms with E-state index < -0.39 is 0 Å². The van der Waals surface area contributed by atoms with E-state index in [0.717, 1.165) is 19.3 Å². The lowest BCUT2D eigenvalue weighted by Crippen LogP contribution is -2.09. The lowest BCUT2D eigenvalue weighted by atomic mass is 10.1. The number of benzene rings is 1. The molecule has 24 heavy (non-hydrogen) atoms. The van der Waals surface area contributed by atoms with E-state index in [1.165, 1.54) is 32.1 Å². The second-order valence-electron chi connectivity index (χ2n) is 5.97. The Morgan fingerprint density at radius 2 is 1.12 bits per heavy atom. The molecule has 134 valence electrons. The molecule has 0 aliphatic carbocycles. The zero-order chi connectivity index (χ0) is 17.6. The van der Waals surface area contributed by atoms with Crippen LogP contribution in [0.1, 0.15) is 85.9 Å². The molecule has 4 nitrogen and oxygen atoms in total. The summed E-state index contributed by atoms with van der Waals surface area (Å²) in [5.41, 5.74) is 0.914. The number of carbonyl (C=O) groups excluding carboxylic acids is 2. The number of rotatable bonds is 12. The van der Waals surface area contributed by atoms with Gasteiger partial charge >= 0.3 is 11.9 Å². The van der Waals surface area contributed by atoms with Crippen molar-refractivity contribution in [2.24, 2.45) is 0 Å².